The molecule has 0 aromatic rings. The quantitative estimate of drug-likeness (QED) is 0.479. The number of cyclic esters (lactones) is 1. The number of aliphatic hydroxyl groups is 1. The lowest BCUT2D eigenvalue weighted by Crippen LogP contribution is -2.23. The van der Waals surface area contributed by atoms with E-state index in [-0.39, 0.29) is 5.97 Å². The molecule has 1 aliphatic rings. The van der Waals surface area contributed by atoms with Gasteiger partial charge in [-0.3, -0.25) is 4.79 Å². The molecule has 0 aromatic carbocycles. The zero-order chi connectivity index (χ0) is 7.07. The number of hydrogen-bond acceptors (Lipinski definition) is 3. The van der Waals surface area contributed by atoms with Crippen molar-refractivity contribution in [2.24, 2.45) is 5.41 Å². The molecule has 1 atom stereocenters. The van der Waals surface area contributed by atoms with Crippen molar-refractivity contribution >= 4 is 5.97 Å². The summed E-state index contributed by atoms with van der Waals surface area (Å²) in [6.07, 6.45) is -0.598. The highest BCUT2D eigenvalue weighted by molar-refractivity contribution is 5.72. The van der Waals surface area contributed by atoms with Gasteiger partial charge >= 0.3 is 5.97 Å². The van der Waals surface area contributed by atoms with Crippen LogP contribution in [0.1, 0.15) is 20.3 Å². The fraction of sp³-hybridized carbons (Fsp3) is 0.833. The molecule has 0 aromatic heterocycles. The first-order valence-corrected chi connectivity index (χ1v) is 2.90. The smallest absolute Gasteiger partial charge is 0.308 e. The van der Waals surface area contributed by atoms with Crippen molar-refractivity contribution in [2.45, 2.75) is 26.6 Å². The van der Waals surface area contributed by atoms with Crippen LogP contribution in [0.15, 0.2) is 0 Å². The molecule has 1 heterocycles. The van der Waals surface area contributed by atoms with Gasteiger partial charge in [-0.15, -0.1) is 0 Å². The predicted molar refractivity (Wildman–Crippen MR) is 30.5 cm³/mol. The van der Waals surface area contributed by atoms with Crippen LogP contribution in [-0.4, -0.2) is 17.4 Å². The normalized spacial score (nSPS) is 32.3. The van der Waals surface area contributed by atoms with Gasteiger partial charge in [0.15, 0.2) is 0 Å². The van der Waals surface area contributed by atoms with Crippen molar-refractivity contribution in [2.75, 3.05) is 0 Å². The molecule has 3 heteroatoms. The number of hydrogen-bond donors (Lipinski definition) is 1. The number of carbonyl (C=O) groups excluding carboxylic acids is 1. The first-order valence-electron chi connectivity index (χ1n) is 2.90. The summed E-state index contributed by atoms with van der Waals surface area (Å²) in [7, 11) is 0. The molecule has 0 bridgehead atoms. The Morgan fingerprint density at radius 2 is 2.33 bits per heavy atom. The van der Waals surface area contributed by atoms with Crippen molar-refractivity contribution in [1.82, 2.24) is 0 Å². The Labute approximate surface area is 53.6 Å². The highest BCUT2D eigenvalue weighted by atomic mass is 16.6. The summed E-state index contributed by atoms with van der Waals surface area (Å²) in [6, 6.07) is 0. The number of carbonyl (C=O) groups is 1. The summed E-state index contributed by atoms with van der Waals surface area (Å²) in [5, 5.41) is 8.98. The van der Waals surface area contributed by atoms with E-state index in [1.807, 2.05) is 0 Å². The first kappa shape index (κ1) is 6.55. The van der Waals surface area contributed by atoms with Gasteiger partial charge in [-0.2, -0.15) is 0 Å². The summed E-state index contributed by atoms with van der Waals surface area (Å²) in [5.41, 5.74) is -0.392. The molecule has 3 nitrogen and oxygen atoms in total. The van der Waals surface area contributed by atoms with E-state index >= 15 is 0 Å². The van der Waals surface area contributed by atoms with Gasteiger partial charge in [-0.05, 0) is 0 Å². The van der Waals surface area contributed by atoms with Gasteiger partial charge < -0.3 is 9.84 Å². The van der Waals surface area contributed by atoms with Crippen LogP contribution >= 0.6 is 0 Å². The first-order chi connectivity index (χ1) is 4.02. The van der Waals surface area contributed by atoms with Crippen LogP contribution in [0, 0.1) is 5.41 Å². The second kappa shape index (κ2) is 1.70. The standard InChI is InChI=1S/C6H10O3/c1-6(2)3-4(7)9-5(6)8/h5,8H,3H2,1-2H3. The van der Waals surface area contributed by atoms with Gasteiger partial charge in [-0.25, -0.2) is 0 Å². The van der Waals surface area contributed by atoms with Crippen LogP contribution in [0.25, 0.3) is 0 Å². The van der Waals surface area contributed by atoms with Crippen LogP contribution in [0.5, 0.6) is 0 Å². The third kappa shape index (κ3) is 1.05. The van der Waals surface area contributed by atoms with Gasteiger partial charge in [0.05, 0.1) is 6.42 Å². The topological polar surface area (TPSA) is 46.5 Å². The van der Waals surface area contributed by atoms with E-state index < -0.39 is 11.7 Å². The molecule has 0 amide bonds. The summed E-state index contributed by atoms with van der Waals surface area (Å²) in [5.74, 6) is -0.312. The third-order valence-electron chi connectivity index (χ3n) is 1.51. The maximum absolute atomic E-state index is 10.5. The van der Waals surface area contributed by atoms with E-state index in [0.29, 0.717) is 6.42 Å². The number of ether oxygens (including phenoxy) is 1. The summed E-state index contributed by atoms with van der Waals surface area (Å²) in [6.45, 7) is 3.59. The lowest BCUT2D eigenvalue weighted by atomic mass is 9.91. The lowest BCUT2D eigenvalue weighted by molar-refractivity contribution is -0.159. The van der Waals surface area contributed by atoms with Crippen molar-refractivity contribution in [3.63, 3.8) is 0 Å². The molecule has 1 fully saturated rings. The molecule has 1 N–H and O–H groups in total. The van der Waals surface area contributed by atoms with Gasteiger partial charge in [0.25, 0.3) is 0 Å². The molecule has 1 saturated heterocycles. The van der Waals surface area contributed by atoms with Gasteiger partial charge in [0.2, 0.25) is 6.29 Å². The van der Waals surface area contributed by atoms with E-state index in [4.69, 9.17) is 5.11 Å². The Morgan fingerprint density at radius 3 is 2.44 bits per heavy atom. The van der Waals surface area contributed by atoms with Gasteiger partial charge in [0, 0.05) is 5.41 Å². The maximum Gasteiger partial charge on any atom is 0.308 e. The molecule has 0 radical (unpaired) electrons. The molecular formula is C6H10O3. The van der Waals surface area contributed by atoms with Crippen molar-refractivity contribution < 1.29 is 14.6 Å². The minimum absolute atomic E-state index is 0.312. The van der Waals surface area contributed by atoms with Crippen LogP contribution < -0.4 is 0 Å². The average Bonchev–Trinajstić information content (AvgIpc) is 1.79. The summed E-state index contributed by atoms with van der Waals surface area (Å²) < 4.78 is 4.49. The second-order valence-electron chi connectivity index (χ2n) is 3.01. The van der Waals surface area contributed by atoms with Crippen molar-refractivity contribution in [3.05, 3.63) is 0 Å². The highest BCUT2D eigenvalue weighted by Gasteiger charge is 2.40. The lowest BCUT2D eigenvalue weighted by Gasteiger charge is -2.16. The van der Waals surface area contributed by atoms with E-state index in [1.54, 1.807) is 13.8 Å². The fourth-order valence-corrected chi connectivity index (χ4v) is 0.785. The van der Waals surface area contributed by atoms with E-state index in [1.165, 1.54) is 0 Å². The van der Waals surface area contributed by atoms with Crippen LogP contribution in [-0.2, 0) is 9.53 Å². The summed E-state index contributed by atoms with van der Waals surface area (Å²) >= 11 is 0. The van der Waals surface area contributed by atoms with E-state index in [0.717, 1.165) is 0 Å². The minimum Gasteiger partial charge on any atom is -0.435 e. The average molecular weight is 130 g/mol. The van der Waals surface area contributed by atoms with Crippen LogP contribution in [0.2, 0.25) is 0 Å². The molecule has 52 valence electrons. The molecule has 1 unspecified atom stereocenters. The fourth-order valence-electron chi connectivity index (χ4n) is 0.785. The monoisotopic (exact) mass is 130 g/mol. The van der Waals surface area contributed by atoms with Crippen LogP contribution in [0.4, 0.5) is 0 Å². The molecule has 9 heavy (non-hydrogen) atoms. The van der Waals surface area contributed by atoms with E-state index in [2.05, 4.69) is 4.74 Å². The maximum atomic E-state index is 10.5. The Morgan fingerprint density at radius 1 is 1.78 bits per heavy atom. The van der Waals surface area contributed by atoms with Crippen molar-refractivity contribution in [1.29, 1.82) is 0 Å². The Kier molecular flexibility index (Phi) is 1.24. The zero-order valence-electron chi connectivity index (χ0n) is 5.55. The SMILES string of the molecule is CC1(C)CC(=O)OC1O. The van der Waals surface area contributed by atoms with Crippen molar-refractivity contribution in [3.8, 4) is 0 Å². The van der Waals surface area contributed by atoms with Crippen LogP contribution in [0.3, 0.4) is 0 Å². The molecule has 1 rings (SSSR count). The Bertz CT molecular complexity index is 139. The Hall–Kier alpha value is -0.570. The molecule has 0 spiro atoms. The number of rotatable bonds is 0. The Balaban J connectivity index is 2.69. The van der Waals surface area contributed by atoms with Gasteiger partial charge in [-0.1, -0.05) is 13.8 Å². The second-order valence-corrected chi connectivity index (χ2v) is 3.01. The molecule has 0 aliphatic carbocycles. The zero-order valence-corrected chi connectivity index (χ0v) is 5.55. The largest absolute Gasteiger partial charge is 0.435 e. The molecule has 0 saturated carbocycles. The number of aliphatic hydroxyl groups excluding tert-OH is 1. The molecule has 1 aliphatic heterocycles. The number of esters is 1. The minimum atomic E-state index is -0.912. The third-order valence-corrected chi connectivity index (χ3v) is 1.51. The predicted octanol–water partition coefficient (Wildman–Crippen LogP) is 0.278. The van der Waals surface area contributed by atoms with E-state index in [9.17, 15) is 4.79 Å². The summed E-state index contributed by atoms with van der Waals surface area (Å²) in [4.78, 5) is 10.5. The highest BCUT2D eigenvalue weighted by Crippen LogP contribution is 2.32. The molecular weight excluding hydrogens is 120 g/mol. The van der Waals surface area contributed by atoms with Gasteiger partial charge in [0.1, 0.15) is 0 Å².